The van der Waals surface area contributed by atoms with Crippen LogP contribution in [0.15, 0.2) is 60.7 Å². The van der Waals surface area contributed by atoms with E-state index in [1.54, 1.807) is 24.3 Å². The van der Waals surface area contributed by atoms with Gasteiger partial charge in [-0.1, -0.05) is 55.8 Å². The molecule has 0 aliphatic heterocycles. The Bertz CT molecular complexity index is 1110. The SMILES string of the molecule is CCC/C=C/C1CCC(c2ccc(CCc3cc4ccc(OCC)cc4c(F)c3F)cc2)CC1. The van der Waals surface area contributed by atoms with Crippen molar-refractivity contribution in [2.45, 2.75) is 71.1 Å². The first kappa shape index (κ1) is 24.4. The average Bonchev–Trinajstić information content (AvgIpc) is 2.87. The fourth-order valence-corrected chi connectivity index (χ4v) is 5.14. The van der Waals surface area contributed by atoms with Crippen LogP contribution in [-0.2, 0) is 12.8 Å². The highest BCUT2D eigenvalue weighted by molar-refractivity contribution is 5.85. The second kappa shape index (κ2) is 11.6. The predicted molar refractivity (Wildman–Crippen MR) is 138 cm³/mol. The van der Waals surface area contributed by atoms with E-state index in [1.807, 2.05) is 6.92 Å². The normalized spacial score (nSPS) is 18.6. The first-order valence-electron chi connectivity index (χ1n) is 12.9. The molecule has 1 fully saturated rings. The summed E-state index contributed by atoms with van der Waals surface area (Å²) in [5, 5.41) is 0.972. The molecule has 0 saturated heterocycles. The molecule has 1 saturated carbocycles. The minimum absolute atomic E-state index is 0.270. The summed E-state index contributed by atoms with van der Waals surface area (Å²) in [5.41, 5.74) is 2.99. The predicted octanol–water partition coefficient (Wildman–Crippen LogP) is 8.93. The van der Waals surface area contributed by atoms with Gasteiger partial charge < -0.3 is 4.74 Å². The molecule has 0 aromatic heterocycles. The van der Waals surface area contributed by atoms with Crippen LogP contribution >= 0.6 is 0 Å². The van der Waals surface area contributed by atoms with Crippen molar-refractivity contribution in [3.05, 3.63) is 89.0 Å². The molecule has 1 aliphatic rings. The number of ether oxygens (including phenoxy) is 1. The molecule has 0 bridgehead atoms. The number of aryl methyl sites for hydroxylation is 2. The van der Waals surface area contributed by atoms with Crippen LogP contribution in [0.2, 0.25) is 0 Å². The smallest absolute Gasteiger partial charge is 0.167 e. The lowest BCUT2D eigenvalue weighted by atomic mass is 9.78. The van der Waals surface area contributed by atoms with E-state index in [9.17, 15) is 8.78 Å². The Morgan fingerprint density at radius 2 is 1.65 bits per heavy atom. The number of rotatable bonds is 9. The molecule has 0 radical (unpaired) electrons. The monoisotopic (exact) mass is 462 g/mol. The highest BCUT2D eigenvalue weighted by atomic mass is 19.2. The van der Waals surface area contributed by atoms with Crippen LogP contribution < -0.4 is 4.74 Å². The molecule has 0 atom stereocenters. The Morgan fingerprint density at radius 1 is 0.882 bits per heavy atom. The van der Waals surface area contributed by atoms with Crippen molar-refractivity contribution in [2.75, 3.05) is 6.61 Å². The number of hydrogen-bond donors (Lipinski definition) is 0. The zero-order valence-electron chi connectivity index (χ0n) is 20.5. The van der Waals surface area contributed by atoms with Crippen molar-refractivity contribution in [1.29, 1.82) is 0 Å². The van der Waals surface area contributed by atoms with Gasteiger partial charge in [-0.25, -0.2) is 8.78 Å². The van der Waals surface area contributed by atoms with Gasteiger partial charge in [0.1, 0.15) is 5.75 Å². The second-order valence-corrected chi connectivity index (χ2v) is 9.55. The first-order valence-corrected chi connectivity index (χ1v) is 12.9. The Balaban J connectivity index is 1.37. The fourth-order valence-electron chi connectivity index (χ4n) is 5.14. The molecule has 1 nitrogen and oxygen atoms in total. The zero-order chi connectivity index (χ0) is 23.9. The Hall–Kier alpha value is -2.68. The lowest BCUT2D eigenvalue weighted by Gasteiger charge is -2.27. The highest BCUT2D eigenvalue weighted by Crippen LogP contribution is 2.36. The maximum Gasteiger partial charge on any atom is 0.167 e. The van der Waals surface area contributed by atoms with E-state index in [0.717, 1.165) is 11.5 Å². The van der Waals surface area contributed by atoms with Gasteiger partial charge in [-0.05, 0) is 104 Å². The van der Waals surface area contributed by atoms with Gasteiger partial charge in [0, 0.05) is 5.39 Å². The summed E-state index contributed by atoms with van der Waals surface area (Å²) in [6.07, 6.45) is 13.4. The quantitative estimate of drug-likeness (QED) is 0.288. The van der Waals surface area contributed by atoms with Crippen molar-refractivity contribution in [1.82, 2.24) is 0 Å². The molecule has 3 heteroatoms. The average molecular weight is 463 g/mol. The lowest BCUT2D eigenvalue weighted by molar-refractivity contribution is 0.340. The third kappa shape index (κ3) is 5.87. The van der Waals surface area contributed by atoms with E-state index in [1.165, 1.54) is 44.1 Å². The number of halogens is 2. The molecule has 0 N–H and O–H groups in total. The molecule has 0 amide bonds. The van der Waals surface area contributed by atoms with E-state index in [2.05, 4.69) is 43.3 Å². The molecule has 34 heavy (non-hydrogen) atoms. The van der Waals surface area contributed by atoms with Gasteiger partial charge in [0.2, 0.25) is 0 Å². The number of benzene rings is 3. The van der Waals surface area contributed by atoms with Crippen LogP contribution in [0.1, 0.15) is 75.0 Å². The van der Waals surface area contributed by atoms with Gasteiger partial charge in [-0.3, -0.25) is 0 Å². The van der Waals surface area contributed by atoms with Crippen LogP contribution in [0, 0.1) is 17.6 Å². The van der Waals surface area contributed by atoms with Gasteiger partial charge in [0.15, 0.2) is 11.6 Å². The van der Waals surface area contributed by atoms with Crippen LogP contribution in [0.5, 0.6) is 5.75 Å². The number of allylic oxidation sites excluding steroid dienone is 2. The fraction of sp³-hybridized carbons (Fsp3) is 0.419. The van der Waals surface area contributed by atoms with Crippen molar-refractivity contribution < 1.29 is 13.5 Å². The minimum atomic E-state index is -0.787. The third-order valence-corrected chi connectivity index (χ3v) is 7.15. The van der Waals surface area contributed by atoms with Crippen molar-refractivity contribution in [2.24, 2.45) is 5.92 Å². The molecular formula is C31H36F2O. The number of fused-ring (bicyclic) bond motifs is 1. The molecule has 3 aromatic carbocycles. The first-order chi connectivity index (χ1) is 16.6. The zero-order valence-corrected chi connectivity index (χ0v) is 20.5. The maximum absolute atomic E-state index is 14.8. The molecule has 1 aliphatic carbocycles. The number of hydrogen-bond acceptors (Lipinski definition) is 1. The third-order valence-electron chi connectivity index (χ3n) is 7.15. The van der Waals surface area contributed by atoms with Crippen molar-refractivity contribution in [3.63, 3.8) is 0 Å². The van der Waals surface area contributed by atoms with E-state index in [0.29, 0.717) is 42.1 Å². The molecule has 180 valence electrons. The van der Waals surface area contributed by atoms with E-state index >= 15 is 0 Å². The maximum atomic E-state index is 14.8. The summed E-state index contributed by atoms with van der Waals surface area (Å²) in [6.45, 7) is 4.58. The Kier molecular flexibility index (Phi) is 8.37. The molecular weight excluding hydrogens is 426 g/mol. The molecule has 0 spiro atoms. The lowest BCUT2D eigenvalue weighted by Crippen LogP contribution is -2.11. The standard InChI is InChI=1S/C31H36F2O/c1-3-5-6-7-22-8-13-24(14-9-22)25-15-10-23(11-16-25)12-17-27-20-26-18-19-28(34-4-2)21-29(26)31(33)30(27)32/h6-7,10-11,15-16,18-22,24H,3-5,8-9,12-14,17H2,1-2H3/b7-6+. The highest BCUT2D eigenvalue weighted by Gasteiger charge is 2.21. The summed E-state index contributed by atoms with van der Waals surface area (Å²) in [6, 6.07) is 15.7. The van der Waals surface area contributed by atoms with Gasteiger partial charge >= 0.3 is 0 Å². The summed E-state index contributed by atoms with van der Waals surface area (Å²) in [7, 11) is 0. The van der Waals surface area contributed by atoms with Gasteiger partial charge in [-0.15, -0.1) is 0 Å². The van der Waals surface area contributed by atoms with Crippen LogP contribution in [-0.4, -0.2) is 6.61 Å². The van der Waals surface area contributed by atoms with Gasteiger partial charge in [0.05, 0.1) is 6.61 Å². The van der Waals surface area contributed by atoms with Gasteiger partial charge in [-0.2, -0.15) is 0 Å². The van der Waals surface area contributed by atoms with Crippen molar-refractivity contribution >= 4 is 10.8 Å². The van der Waals surface area contributed by atoms with Gasteiger partial charge in [0.25, 0.3) is 0 Å². The summed E-state index contributed by atoms with van der Waals surface area (Å²) in [5.74, 6) is 0.401. The van der Waals surface area contributed by atoms with E-state index in [-0.39, 0.29) is 5.39 Å². The van der Waals surface area contributed by atoms with Crippen molar-refractivity contribution in [3.8, 4) is 5.75 Å². The minimum Gasteiger partial charge on any atom is -0.494 e. The molecule has 3 aromatic rings. The second-order valence-electron chi connectivity index (χ2n) is 9.55. The molecule has 0 unspecified atom stereocenters. The number of unbranched alkanes of at least 4 members (excludes halogenated alkanes) is 1. The van der Waals surface area contributed by atoms with E-state index in [4.69, 9.17) is 4.74 Å². The van der Waals surface area contributed by atoms with E-state index < -0.39 is 11.6 Å². The summed E-state index contributed by atoms with van der Waals surface area (Å²) < 4.78 is 34.9. The summed E-state index contributed by atoms with van der Waals surface area (Å²) in [4.78, 5) is 0. The molecule has 4 rings (SSSR count). The van der Waals surface area contributed by atoms with Crippen LogP contribution in [0.25, 0.3) is 10.8 Å². The van der Waals surface area contributed by atoms with Crippen LogP contribution in [0.4, 0.5) is 8.78 Å². The largest absolute Gasteiger partial charge is 0.494 e. The summed E-state index contributed by atoms with van der Waals surface area (Å²) >= 11 is 0. The Labute approximate surface area is 202 Å². The van der Waals surface area contributed by atoms with Crippen LogP contribution in [0.3, 0.4) is 0 Å². The Morgan fingerprint density at radius 3 is 2.35 bits per heavy atom. The topological polar surface area (TPSA) is 9.23 Å². The molecule has 0 heterocycles.